The summed E-state index contributed by atoms with van der Waals surface area (Å²) in [4.78, 5) is 12.0. The van der Waals surface area contributed by atoms with Gasteiger partial charge >= 0.3 is 0 Å². The summed E-state index contributed by atoms with van der Waals surface area (Å²) in [7, 11) is -1.23. The molecule has 0 aromatic heterocycles. The van der Waals surface area contributed by atoms with Gasteiger partial charge in [-0.1, -0.05) is 31.5 Å². The van der Waals surface area contributed by atoms with Gasteiger partial charge in [-0.2, -0.15) is 0 Å². The monoisotopic (exact) mass is 236 g/mol. The predicted molar refractivity (Wildman–Crippen MR) is 66.6 cm³/mol. The Balaban J connectivity index is 2.73. The summed E-state index contributed by atoms with van der Waals surface area (Å²) in [5.41, 5.74) is 1.13. The topological polar surface area (TPSA) is 34.1 Å². The Kier molecular flexibility index (Phi) is 4.62. The van der Waals surface area contributed by atoms with Gasteiger partial charge in [-0.05, 0) is 25.1 Å². The van der Waals surface area contributed by atoms with Crippen LogP contribution in [0.4, 0.5) is 0 Å². The zero-order valence-electron chi connectivity index (χ0n) is 9.77. The highest BCUT2D eigenvalue weighted by Crippen LogP contribution is 2.09. The Morgan fingerprint density at radius 3 is 2.31 bits per heavy atom. The molecule has 0 N–H and O–H groups in total. The number of carbonyl (C=O) groups excluding carboxylic acids is 1. The highest BCUT2D eigenvalue weighted by atomic mass is 32.2. The smallest absolute Gasteiger partial charge is 0.158 e. The second kappa shape index (κ2) is 5.75. The quantitative estimate of drug-likeness (QED) is 0.753. The van der Waals surface area contributed by atoms with Gasteiger partial charge in [-0.15, -0.1) is 0 Å². The van der Waals surface area contributed by atoms with Crippen molar-refractivity contribution in [3.63, 3.8) is 0 Å². The summed E-state index contributed by atoms with van der Waals surface area (Å²) in [6.07, 6.45) is 1.40. The number of benzene rings is 1. The molecule has 3 heteroatoms. The van der Waals surface area contributed by atoms with Gasteiger partial charge < -0.3 is 0 Å². The molecule has 1 atom stereocenters. The second-order valence-corrected chi connectivity index (χ2v) is 5.31. The lowest BCUT2D eigenvalue weighted by Gasteiger charge is -1.98. The molecule has 0 saturated heterocycles. The highest BCUT2D eigenvalue weighted by Gasteiger charge is 2.04. The number of rotatable bonds is 4. The van der Waals surface area contributed by atoms with Crippen molar-refractivity contribution in [3.8, 4) is 0 Å². The van der Waals surface area contributed by atoms with Gasteiger partial charge in [-0.25, -0.2) is 4.21 Å². The fourth-order valence-corrected chi connectivity index (χ4v) is 1.89. The zero-order valence-corrected chi connectivity index (χ0v) is 10.6. The van der Waals surface area contributed by atoms with E-state index in [-0.39, 0.29) is 11.7 Å². The fraction of sp³-hybridized carbons (Fsp3) is 0.308. The number of carbonyl (C=O) groups is 1. The second-order valence-electron chi connectivity index (χ2n) is 3.97. The van der Waals surface area contributed by atoms with Crippen molar-refractivity contribution in [3.05, 3.63) is 41.3 Å². The van der Waals surface area contributed by atoms with Crippen molar-refractivity contribution in [1.29, 1.82) is 0 Å². The molecular formula is C13H16O2S. The van der Waals surface area contributed by atoms with Gasteiger partial charge in [0.05, 0.1) is 10.8 Å². The van der Waals surface area contributed by atoms with E-state index < -0.39 is 10.8 Å². The lowest BCUT2D eigenvalue weighted by molar-refractivity contribution is -0.117. The van der Waals surface area contributed by atoms with Crippen LogP contribution in [0.2, 0.25) is 0 Å². The average Bonchev–Trinajstić information content (AvgIpc) is 2.26. The third kappa shape index (κ3) is 3.74. The molecule has 1 aromatic carbocycles. The molecule has 1 rings (SSSR count). The molecule has 0 amide bonds. The lowest BCUT2D eigenvalue weighted by atomic mass is 10.1. The van der Waals surface area contributed by atoms with Gasteiger partial charge in [-0.3, -0.25) is 4.79 Å². The van der Waals surface area contributed by atoms with Crippen molar-refractivity contribution in [1.82, 2.24) is 0 Å². The van der Waals surface area contributed by atoms with E-state index in [1.807, 2.05) is 45.0 Å². The van der Waals surface area contributed by atoms with E-state index in [4.69, 9.17) is 0 Å². The first-order chi connectivity index (χ1) is 7.50. The summed E-state index contributed by atoms with van der Waals surface area (Å²) in [6.45, 7) is 5.62. The van der Waals surface area contributed by atoms with E-state index in [9.17, 15) is 9.00 Å². The molecule has 0 aliphatic carbocycles. The van der Waals surface area contributed by atoms with Crippen LogP contribution in [0.3, 0.4) is 0 Å². The third-order valence-electron chi connectivity index (χ3n) is 2.18. The first kappa shape index (κ1) is 12.8. The SMILES string of the molecule is Cc1ccc([S@](=O)/C=C/C(=O)C(C)C)cc1. The van der Waals surface area contributed by atoms with E-state index in [1.165, 1.54) is 11.5 Å². The first-order valence-electron chi connectivity index (χ1n) is 5.20. The van der Waals surface area contributed by atoms with Crippen molar-refractivity contribution in [2.24, 2.45) is 5.92 Å². The van der Waals surface area contributed by atoms with Crippen LogP contribution in [0.15, 0.2) is 40.6 Å². The average molecular weight is 236 g/mol. The molecule has 0 radical (unpaired) electrons. The summed E-state index contributed by atoms with van der Waals surface area (Å²) < 4.78 is 11.8. The van der Waals surface area contributed by atoms with E-state index in [0.717, 1.165) is 10.5 Å². The van der Waals surface area contributed by atoms with E-state index in [0.29, 0.717) is 0 Å². The zero-order chi connectivity index (χ0) is 12.1. The van der Waals surface area contributed by atoms with Crippen LogP contribution in [-0.2, 0) is 15.6 Å². The number of hydrogen-bond acceptors (Lipinski definition) is 2. The molecule has 1 aromatic rings. The van der Waals surface area contributed by atoms with E-state index in [1.54, 1.807) is 0 Å². The summed E-state index contributed by atoms with van der Waals surface area (Å²) >= 11 is 0. The molecule has 16 heavy (non-hydrogen) atoms. The Morgan fingerprint density at radius 2 is 1.81 bits per heavy atom. The van der Waals surface area contributed by atoms with Crippen molar-refractivity contribution in [2.75, 3.05) is 0 Å². The predicted octanol–water partition coefficient (Wildman–Crippen LogP) is 2.84. The maximum atomic E-state index is 11.8. The van der Waals surface area contributed by atoms with Gasteiger partial charge in [0.2, 0.25) is 0 Å². The minimum Gasteiger partial charge on any atom is -0.295 e. The summed E-state index contributed by atoms with van der Waals surface area (Å²) in [6, 6.07) is 7.45. The Labute approximate surface area is 98.8 Å². The maximum absolute atomic E-state index is 11.8. The molecule has 0 heterocycles. The molecule has 0 spiro atoms. The van der Waals surface area contributed by atoms with Gasteiger partial charge in [0.25, 0.3) is 0 Å². The molecule has 0 aliphatic heterocycles. The van der Waals surface area contributed by atoms with E-state index >= 15 is 0 Å². The largest absolute Gasteiger partial charge is 0.295 e. The highest BCUT2D eigenvalue weighted by molar-refractivity contribution is 7.88. The van der Waals surface area contributed by atoms with Gasteiger partial charge in [0.15, 0.2) is 5.78 Å². The van der Waals surface area contributed by atoms with Crippen LogP contribution < -0.4 is 0 Å². The molecule has 0 fully saturated rings. The summed E-state index contributed by atoms with van der Waals surface area (Å²) in [5.74, 6) is -0.0493. The van der Waals surface area contributed by atoms with Crippen LogP contribution in [0.5, 0.6) is 0 Å². The van der Waals surface area contributed by atoms with Crippen molar-refractivity contribution in [2.45, 2.75) is 25.7 Å². The first-order valence-corrected chi connectivity index (χ1v) is 6.41. The standard InChI is InChI=1S/C13H16O2S/c1-10(2)13(14)8-9-16(15)12-6-4-11(3)5-7-12/h4-10H,1-3H3/b9-8+/t16-/m1/s1. The van der Waals surface area contributed by atoms with Crippen LogP contribution in [0.25, 0.3) is 0 Å². The summed E-state index contributed by atoms with van der Waals surface area (Å²) in [5, 5.41) is 1.45. The molecule has 2 nitrogen and oxygen atoms in total. The van der Waals surface area contributed by atoms with Gasteiger partial charge in [0, 0.05) is 16.2 Å². The van der Waals surface area contributed by atoms with Crippen LogP contribution in [-0.4, -0.2) is 9.99 Å². The lowest BCUT2D eigenvalue weighted by Crippen LogP contribution is -2.02. The van der Waals surface area contributed by atoms with Gasteiger partial charge in [0.1, 0.15) is 0 Å². The fourth-order valence-electron chi connectivity index (χ4n) is 1.07. The van der Waals surface area contributed by atoms with Crippen molar-refractivity contribution < 1.29 is 9.00 Å². The van der Waals surface area contributed by atoms with E-state index in [2.05, 4.69) is 0 Å². The van der Waals surface area contributed by atoms with Crippen LogP contribution >= 0.6 is 0 Å². The Morgan fingerprint density at radius 1 is 1.25 bits per heavy atom. The number of aryl methyl sites for hydroxylation is 1. The molecular weight excluding hydrogens is 220 g/mol. The molecule has 86 valence electrons. The van der Waals surface area contributed by atoms with Crippen LogP contribution in [0, 0.1) is 12.8 Å². The maximum Gasteiger partial charge on any atom is 0.158 e. The minimum atomic E-state index is -1.23. The molecule has 0 unspecified atom stereocenters. The third-order valence-corrected chi connectivity index (χ3v) is 3.30. The number of allylic oxidation sites excluding steroid dienone is 1. The molecule has 0 bridgehead atoms. The van der Waals surface area contributed by atoms with Crippen LogP contribution in [0.1, 0.15) is 19.4 Å². The van der Waals surface area contributed by atoms with Crippen molar-refractivity contribution >= 4 is 16.6 Å². The molecule has 0 aliphatic rings. The Hall–Kier alpha value is -1.22. The number of ketones is 1. The number of hydrogen-bond donors (Lipinski definition) is 0. The normalized spacial score (nSPS) is 13.2. The molecule has 0 saturated carbocycles. The Bertz CT molecular complexity index is 416. The minimum absolute atomic E-state index is 0.000427.